The van der Waals surface area contributed by atoms with Gasteiger partial charge in [0.1, 0.15) is 0 Å². The molecule has 0 radical (unpaired) electrons. The first-order valence-corrected chi connectivity index (χ1v) is 12.1. The molecule has 0 fully saturated rings. The lowest BCUT2D eigenvalue weighted by Gasteiger charge is -1.93. The van der Waals surface area contributed by atoms with E-state index in [9.17, 15) is 30.2 Å². The molecule has 0 atom stereocenters. The summed E-state index contributed by atoms with van der Waals surface area (Å²) in [5.41, 5.74) is 0. The van der Waals surface area contributed by atoms with Crippen molar-refractivity contribution in [1.29, 1.82) is 0 Å². The largest absolute Gasteiger partial charge is 0.665 e. The zero-order valence-corrected chi connectivity index (χ0v) is 26.3. The standard InChI is InChI=1S/C5H5N.7B2FH3O4/c1-2-4-6-5-3-1;7*3-1(4)7-2(5)6/h1-5H;7*4-6H. The highest BCUT2D eigenvalue weighted by atomic mass is 19.1. The highest BCUT2D eigenvalue weighted by Gasteiger charge is 2.24. The summed E-state index contributed by atoms with van der Waals surface area (Å²) in [6, 6.07) is 5.72. The predicted molar refractivity (Wildman–Crippen MR) is 167 cm³/mol. The van der Waals surface area contributed by atoms with E-state index in [1.54, 1.807) is 12.4 Å². The molecule has 0 aliphatic heterocycles. The summed E-state index contributed by atoms with van der Waals surface area (Å²) in [4.78, 5) is 3.78. The molecular weight excluding hydrogens is 806 g/mol. The first-order valence-electron chi connectivity index (χ1n) is 12.1. The fourth-order valence-corrected chi connectivity index (χ4v) is 1.02. The Morgan fingerprint density at radius 3 is 0.400 bits per heavy atom. The molecule has 0 spiro atoms. The van der Waals surface area contributed by atoms with E-state index in [2.05, 4.69) is 37.0 Å². The van der Waals surface area contributed by atoms with Crippen molar-refractivity contribution in [1.82, 2.24) is 4.98 Å². The zero-order chi connectivity index (χ0) is 45.3. The zero-order valence-electron chi connectivity index (χ0n) is 26.3. The molecular formula is C5H26B14F7NO28. The van der Waals surface area contributed by atoms with Gasteiger partial charge < -0.3 is 138 Å². The molecule has 1 heterocycles. The monoisotopic (exact) mass is 835 g/mol. The third kappa shape index (κ3) is 127. The van der Waals surface area contributed by atoms with Gasteiger partial charge in [-0.25, -0.2) is 0 Å². The molecule has 1 aromatic rings. The first-order chi connectivity index (χ1) is 24.9. The minimum atomic E-state index is -2.63. The SMILES string of the molecule is OB(O)OB(O)F.OB(O)OB(O)F.OB(O)OB(O)F.OB(O)OB(O)F.OB(O)OB(O)F.OB(O)OB(O)F.OB(O)OB(O)F.c1ccncc1. The second kappa shape index (κ2) is 48.6. The van der Waals surface area contributed by atoms with E-state index in [-0.39, 0.29) is 0 Å². The number of aromatic nitrogens is 1. The summed E-state index contributed by atoms with van der Waals surface area (Å²) in [7, 11) is -34.1. The van der Waals surface area contributed by atoms with E-state index in [0.29, 0.717) is 0 Å². The van der Waals surface area contributed by atoms with Crippen LogP contribution in [0, 0.1) is 0 Å². The fraction of sp³-hybridized carbons (Fsp3) is 0. The Labute approximate surface area is 306 Å². The van der Waals surface area contributed by atoms with Gasteiger partial charge in [0, 0.05) is 12.4 Å². The Hall–Kier alpha value is -1.55. The molecule has 0 saturated heterocycles. The van der Waals surface area contributed by atoms with Crippen LogP contribution in [0.2, 0.25) is 0 Å². The maximum absolute atomic E-state index is 11.0. The molecule has 0 saturated carbocycles. The molecule has 1 rings (SSSR count). The number of hydrogen-bond donors (Lipinski definition) is 21. The summed E-state index contributed by atoms with van der Waals surface area (Å²) in [6.07, 6.45) is 3.50. The molecule has 55 heavy (non-hydrogen) atoms. The van der Waals surface area contributed by atoms with Crippen LogP contribution in [0.3, 0.4) is 0 Å². The Morgan fingerprint density at radius 2 is 0.382 bits per heavy atom. The average molecular weight is 833 g/mol. The Morgan fingerprint density at radius 1 is 0.255 bits per heavy atom. The van der Waals surface area contributed by atoms with Gasteiger partial charge in [-0.3, -0.25) is 35.2 Å². The van der Waals surface area contributed by atoms with Crippen LogP contribution < -0.4 is 0 Å². The summed E-state index contributed by atoms with van der Waals surface area (Å²) >= 11 is 0. The summed E-state index contributed by atoms with van der Waals surface area (Å²) in [5.74, 6) is 0. The fourth-order valence-electron chi connectivity index (χ4n) is 1.02. The van der Waals surface area contributed by atoms with Crippen LogP contribution in [-0.4, -0.2) is 214 Å². The van der Waals surface area contributed by atoms with Gasteiger partial charge in [-0.1, -0.05) is 6.07 Å². The van der Waals surface area contributed by atoms with E-state index in [0.717, 1.165) is 0 Å². The minimum absolute atomic E-state index is 1.75. The Kier molecular flexibility index (Phi) is 60.2. The van der Waals surface area contributed by atoms with Gasteiger partial charge in [0.05, 0.1) is 0 Å². The molecule has 0 bridgehead atoms. The predicted octanol–water partition coefficient (Wildman–Crippen LogP) is -13.5. The van der Waals surface area contributed by atoms with Crippen LogP contribution in [0.5, 0.6) is 0 Å². The van der Waals surface area contributed by atoms with Crippen molar-refractivity contribution >= 4 is 103 Å². The van der Waals surface area contributed by atoms with Gasteiger partial charge in [0.25, 0.3) is 0 Å². The summed E-state index contributed by atoms with van der Waals surface area (Å²) in [5, 5.41) is 160. The van der Waals surface area contributed by atoms with Crippen molar-refractivity contribution in [3.05, 3.63) is 30.6 Å². The van der Waals surface area contributed by atoms with Crippen molar-refractivity contribution in [2.24, 2.45) is 0 Å². The van der Waals surface area contributed by atoms with Gasteiger partial charge in [-0.15, -0.1) is 0 Å². The molecule has 1 aromatic heterocycles. The lowest BCUT2D eigenvalue weighted by molar-refractivity contribution is 0.237. The van der Waals surface area contributed by atoms with Crippen molar-refractivity contribution in [2.75, 3.05) is 0 Å². The van der Waals surface area contributed by atoms with Gasteiger partial charge in [-0.05, 0) is 12.1 Å². The number of hydrogen-bond acceptors (Lipinski definition) is 29. The number of halogens is 7. The third-order valence-corrected chi connectivity index (χ3v) is 2.20. The van der Waals surface area contributed by atoms with Crippen molar-refractivity contribution in [3.8, 4) is 0 Å². The lowest BCUT2D eigenvalue weighted by atomic mass is 10.2. The molecule has 29 nitrogen and oxygen atoms in total. The summed E-state index contributed by atoms with van der Waals surface area (Å²) < 4.78 is 99.5. The first kappa shape index (κ1) is 68.1. The molecule has 21 N–H and O–H groups in total. The maximum Gasteiger partial charge on any atom is 0.665 e. The quantitative estimate of drug-likeness (QED) is 0.0611. The molecule has 0 unspecified atom stereocenters. The lowest BCUT2D eigenvalue weighted by Crippen LogP contribution is -2.25. The van der Waals surface area contributed by atoms with Crippen molar-refractivity contribution in [2.45, 2.75) is 0 Å². The van der Waals surface area contributed by atoms with Crippen LogP contribution >= 0.6 is 0 Å². The van der Waals surface area contributed by atoms with Crippen LogP contribution in [0.4, 0.5) is 30.2 Å². The molecule has 0 aromatic carbocycles. The van der Waals surface area contributed by atoms with E-state index < -0.39 is 103 Å². The van der Waals surface area contributed by atoms with E-state index in [1.165, 1.54) is 0 Å². The smallest absolute Gasteiger partial charge is 0.402 e. The van der Waals surface area contributed by atoms with E-state index in [4.69, 9.17) is 106 Å². The second-order valence-corrected chi connectivity index (χ2v) is 6.31. The second-order valence-electron chi connectivity index (χ2n) is 6.31. The third-order valence-electron chi connectivity index (χ3n) is 2.20. The summed E-state index contributed by atoms with van der Waals surface area (Å²) in [6.45, 7) is 0. The van der Waals surface area contributed by atoms with Gasteiger partial charge in [-0.2, -0.15) is 0 Å². The van der Waals surface area contributed by atoms with Gasteiger partial charge in [0.2, 0.25) is 0 Å². The molecule has 0 aliphatic rings. The normalized spacial score (nSPS) is 8.51. The molecule has 0 aliphatic carbocycles. The van der Waals surface area contributed by atoms with E-state index >= 15 is 0 Å². The highest BCUT2D eigenvalue weighted by molar-refractivity contribution is 6.51. The number of nitrogens with zero attached hydrogens (tertiary/aromatic N) is 1. The van der Waals surface area contributed by atoms with Gasteiger partial charge >= 0.3 is 103 Å². The van der Waals surface area contributed by atoms with Crippen LogP contribution in [-0.2, 0) is 32.0 Å². The molecule has 0 amide bonds. The van der Waals surface area contributed by atoms with Crippen LogP contribution in [0.25, 0.3) is 0 Å². The minimum Gasteiger partial charge on any atom is -0.402 e. The van der Waals surface area contributed by atoms with Crippen LogP contribution in [0.1, 0.15) is 0 Å². The highest BCUT2D eigenvalue weighted by Crippen LogP contribution is 1.84. The van der Waals surface area contributed by atoms with Crippen molar-refractivity contribution in [3.63, 3.8) is 0 Å². The average Bonchev–Trinajstić information content (AvgIpc) is 2.91. The number of pyridine rings is 1. The van der Waals surface area contributed by atoms with Crippen LogP contribution in [0.15, 0.2) is 30.6 Å². The maximum atomic E-state index is 11.0. The molecule has 310 valence electrons. The Balaban J connectivity index is -0.0000000958. The number of rotatable bonds is 14. The topological polar surface area (TPSA) is 502 Å². The molecule has 50 heteroatoms. The van der Waals surface area contributed by atoms with Gasteiger partial charge in [0.15, 0.2) is 0 Å². The van der Waals surface area contributed by atoms with E-state index in [1.807, 2.05) is 18.2 Å². The van der Waals surface area contributed by atoms with Crippen molar-refractivity contribution < 1.29 is 168 Å². The Bertz CT molecular complexity index is 617.